The molecule has 0 bridgehead atoms. The van der Waals surface area contributed by atoms with Crippen LogP contribution >= 0.6 is 0 Å². The first-order valence-electron chi connectivity index (χ1n) is 6.43. The number of aliphatic carboxylic acids is 1. The smallest absolute Gasteiger partial charge is 0.303 e. The number of carboxylic acids is 1. The van der Waals surface area contributed by atoms with Crippen molar-refractivity contribution in [3.05, 3.63) is 41.2 Å². The maximum atomic E-state index is 10.7. The molecule has 1 aromatic heterocycles. The molecule has 0 saturated heterocycles. The van der Waals surface area contributed by atoms with Crippen molar-refractivity contribution in [1.29, 1.82) is 0 Å². The minimum absolute atomic E-state index is 0.109. The van der Waals surface area contributed by atoms with Crippen molar-refractivity contribution >= 4 is 5.97 Å². The molecule has 1 aromatic carbocycles. The number of nitrogens with zero attached hydrogens (tertiary/aromatic N) is 2. The Hall–Kier alpha value is -2.30. The predicted molar refractivity (Wildman–Crippen MR) is 75.5 cm³/mol. The molecule has 106 valence electrons. The topological polar surface area (TPSA) is 64.4 Å². The van der Waals surface area contributed by atoms with E-state index in [1.807, 2.05) is 32.0 Å². The lowest BCUT2D eigenvalue weighted by Crippen LogP contribution is -2.03. The molecule has 0 aliphatic heterocycles. The van der Waals surface area contributed by atoms with Gasteiger partial charge >= 0.3 is 5.97 Å². The summed E-state index contributed by atoms with van der Waals surface area (Å²) in [5.74, 6) is -0.0585. The van der Waals surface area contributed by atoms with Crippen LogP contribution in [0.15, 0.2) is 24.4 Å². The standard InChI is InChI=1S/C15H18N2O3/c1-10-4-6-14(20-3)13(8-10)17-11(2)12(9-16-17)5-7-15(18)19/h4,6,8-9H,5,7H2,1-3H3,(H,18,19). The molecule has 0 aliphatic carbocycles. The first-order valence-corrected chi connectivity index (χ1v) is 6.43. The third-order valence-corrected chi connectivity index (χ3v) is 3.28. The number of ether oxygens (including phenoxy) is 1. The molecule has 0 fully saturated rings. The van der Waals surface area contributed by atoms with E-state index in [2.05, 4.69) is 5.10 Å². The van der Waals surface area contributed by atoms with Gasteiger partial charge in [-0.2, -0.15) is 5.10 Å². The van der Waals surface area contributed by atoms with Crippen LogP contribution in [0.4, 0.5) is 0 Å². The molecule has 1 heterocycles. The lowest BCUT2D eigenvalue weighted by molar-refractivity contribution is -0.136. The Labute approximate surface area is 117 Å². The fraction of sp³-hybridized carbons (Fsp3) is 0.333. The van der Waals surface area contributed by atoms with Crippen LogP contribution in [0.1, 0.15) is 23.2 Å². The maximum Gasteiger partial charge on any atom is 0.303 e. The summed E-state index contributed by atoms with van der Waals surface area (Å²) in [6.07, 6.45) is 2.31. The molecule has 0 radical (unpaired) electrons. The predicted octanol–water partition coefficient (Wildman–Crippen LogP) is 2.51. The Kier molecular flexibility index (Phi) is 4.08. The zero-order valence-electron chi connectivity index (χ0n) is 11.9. The van der Waals surface area contributed by atoms with Crippen molar-refractivity contribution in [1.82, 2.24) is 9.78 Å². The summed E-state index contributed by atoms with van der Waals surface area (Å²) >= 11 is 0. The number of rotatable bonds is 5. The Bertz CT molecular complexity index is 632. The lowest BCUT2D eigenvalue weighted by Gasteiger charge is -2.11. The van der Waals surface area contributed by atoms with Crippen LogP contribution < -0.4 is 4.74 Å². The summed E-state index contributed by atoms with van der Waals surface area (Å²) in [6.45, 7) is 3.94. The summed E-state index contributed by atoms with van der Waals surface area (Å²) in [6, 6.07) is 5.88. The monoisotopic (exact) mass is 274 g/mol. The van der Waals surface area contributed by atoms with Gasteiger partial charge in [0.05, 0.1) is 13.3 Å². The molecule has 20 heavy (non-hydrogen) atoms. The number of carboxylic acid groups (broad SMARTS) is 1. The van der Waals surface area contributed by atoms with Gasteiger partial charge in [-0.3, -0.25) is 4.79 Å². The molecule has 0 spiro atoms. The van der Waals surface area contributed by atoms with Crippen LogP contribution in [-0.2, 0) is 11.2 Å². The average Bonchev–Trinajstić information content (AvgIpc) is 2.77. The number of aromatic nitrogens is 2. The van der Waals surface area contributed by atoms with E-state index < -0.39 is 5.97 Å². The van der Waals surface area contributed by atoms with Gasteiger partial charge in [-0.05, 0) is 43.5 Å². The largest absolute Gasteiger partial charge is 0.494 e. The van der Waals surface area contributed by atoms with Crippen molar-refractivity contribution in [3.8, 4) is 11.4 Å². The van der Waals surface area contributed by atoms with Crippen molar-refractivity contribution in [2.75, 3.05) is 7.11 Å². The van der Waals surface area contributed by atoms with Crippen LogP contribution in [0.3, 0.4) is 0 Å². The minimum Gasteiger partial charge on any atom is -0.494 e. The molecule has 5 nitrogen and oxygen atoms in total. The minimum atomic E-state index is -0.801. The van der Waals surface area contributed by atoms with E-state index in [1.54, 1.807) is 18.0 Å². The number of methoxy groups -OCH3 is 1. The molecule has 2 rings (SSSR count). The highest BCUT2D eigenvalue weighted by molar-refractivity contribution is 5.67. The van der Waals surface area contributed by atoms with E-state index in [4.69, 9.17) is 9.84 Å². The Morgan fingerprint density at radius 1 is 1.40 bits per heavy atom. The summed E-state index contributed by atoms with van der Waals surface area (Å²) in [4.78, 5) is 10.7. The first-order chi connectivity index (χ1) is 9.52. The van der Waals surface area contributed by atoms with Crippen LogP contribution in [0.2, 0.25) is 0 Å². The summed E-state index contributed by atoms with van der Waals surface area (Å²) in [7, 11) is 1.62. The van der Waals surface area contributed by atoms with Crippen molar-refractivity contribution in [2.45, 2.75) is 26.7 Å². The highest BCUT2D eigenvalue weighted by atomic mass is 16.5. The molecule has 2 aromatic rings. The van der Waals surface area contributed by atoms with E-state index in [1.165, 1.54) is 0 Å². The van der Waals surface area contributed by atoms with Gasteiger partial charge < -0.3 is 9.84 Å². The summed E-state index contributed by atoms with van der Waals surface area (Å²) < 4.78 is 7.16. The number of benzene rings is 1. The van der Waals surface area contributed by atoms with Gasteiger partial charge in [0.25, 0.3) is 0 Å². The first kappa shape index (κ1) is 14.1. The fourth-order valence-electron chi connectivity index (χ4n) is 2.14. The SMILES string of the molecule is COc1ccc(C)cc1-n1ncc(CCC(=O)O)c1C. The zero-order valence-corrected chi connectivity index (χ0v) is 11.9. The Balaban J connectivity index is 2.39. The van der Waals surface area contributed by atoms with Crippen molar-refractivity contribution in [3.63, 3.8) is 0 Å². The van der Waals surface area contributed by atoms with Gasteiger partial charge in [0.15, 0.2) is 0 Å². The van der Waals surface area contributed by atoms with Gasteiger partial charge in [-0.25, -0.2) is 4.68 Å². The number of hydrogen-bond donors (Lipinski definition) is 1. The van der Waals surface area contributed by atoms with Gasteiger partial charge in [0.2, 0.25) is 0 Å². The number of hydrogen-bond acceptors (Lipinski definition) is 3. The van der Waals surface area contributed by atoms with Crippen molar-refractivity contribution in [2.24, 2.45) is 0 Å². The van der Waals surface area contributed by atoms with E-state index >= 15 is 0 Å². The van der Waals surface area contributed by atoms with Gasteiger partial charge in [0.1, 0.15) is 11.4 Å². The average molecular weight is 274 g/mol. The normalized spacial score (nSPS) is 10.6. The fourth-order valence-corrected chi connectivity index (χ4v) is 2.14. The Morgan fingerprint density at radius 3 is 2.80 bits per heavy atom. The summed E-state index contributed by atoms with van der Waals surface area (Å²) in [5, 5.41) is 13.1. The highest BCUT2D eigenvalue weighted by Crippen LogP contribution is 2.25. The second kappa shape index (κ2) is 5.77. The lowest BCUT2D eigenvalue weighted by atomic mass is 10.1. The molecule has 0 atom stereocenters. The van der Waals surface area contributed by atoms with Crippen LogP contribution in [0.25, 0.3) is 5.69 Å². The molecule has 0 saturated carbocycles. The summed E-state index contributed by atoms with van der Waals surface area (Å²) in [5.41, 5.74) is 3.86. The van der Waals surface area contributed by atoms with Crippen LogP contribution in [0, 0.1) is 13.8 Å². The van der Waals surface area contributed by atoms with Gasteiger partial charge in [-0.15, -0.1) is 0 Å². The molecule has 5 heteroatoms. The molecular formula is C15H18N2O3. The number of carbonyl (C=O) groups is 1. The van der Waals surface area contributed by atoms with E-state index in [9.17, 15) is 4.79 Å². The third kappa shape index (κ3) is 2.82. The molecule has 0 amide bonds. The molecule has 1 N–H and O–H groups in total. The molecule has 0 aliphatic rings. The maximum absolute atomic E-state index is 10.7. The Morgan fingerprint density at radius 2 is 2.15 bits per heavy atom. The molecular weight excluding hydrogens is 256 g/mol. The quantitative estimate of drug-likeness (QED) is 0.910. The van der Waals surface area contributed by atoms with E-state index in [0.29, 0.717) is 6.42 Å². The zero-order chi connectivity index (χ0) is 14.7. The molecule has 0 unspecified atom stereocenters. The van der Waals surface area contributed by atoms with Crippen molar-refractivity contribution < 1.29 is 14.6 Å². The second-order valence-corrected chi connectivity index (χ2v) is 4.74. The highest BCUT2D eigenvalue weighted by Gasteiger charge is 2.13. The van der Waals surface area contributed by atoms with Gasteiger partial charge in [-0.1, -0.05) is 6.07 Å². The van der Waals surface area contributed by atoms with E-state index in [0.717, 1.165) is 28.3 Å². The second-order valence-electron chi connectivity index (χ2n) is 4.74. The number of aryl methyl sites for hydroxylation is 2. The third-order valence-electron chi connectivity index (χ3n) is 3.28. The van der Waals surface area contributed by atoms with E-state index in [-0.39, 0.29) is 6.42 Å². The van der Waals surface area contributed by atoms with Crippen LogP contribution in [-0.4, -0.2) is 28.0 Å². The van der Waals surface area contributed by atoms with Gasteiger partial charge in [0, 0.05) is 12.1 Å². The van der Waals surface area contributed by atoms with Crippen LogP contribution in [0.5, 0.6) is 5.75 Å².